The molecule has 2 aromatic carbocycles. The van der Waals surface area contributed by atoms with Gasteiger partial charge in [-0.25, -0.2) is 0 Å². The van der Waals surface area contributed by atoms with Crippen LogP contribution in [0.1, 0.15) is 22.3 Å². The highest BCUT2D eigenvalue weighted by atomic mass is 35.5. The molecule has 0 saturated heterocycles. The van der Waals surface area contributed by atoms with Gasteiger partial charge in [0.05, 0.1) is 0 Å². The lowest BCUT2D eigenvalue weighted by Gasteiger charge is -2.16. The summed E-state index contributed by atoms with van der Waals surface area (Å²) in [6.07, 6.45) is 1.93. The summed E-state index contributed by atoms with van der Waals surface area (Å²) in [5.74, 6) is 1.07. The number of aryl methyl sites for hydroxylation is 2. The Morgan fingerprint density at radius 3 is 2.30 bits per heavy atom. The maximum absolute atomic E-state index is 6.32. The van der Waals surface area contributed by atoms with Crippen molar-refractivity contribution in [2.75, 3.05) is 5.88 Å². The fraction of sp³-hybridized carbons (Fsp3) is 0.333. The van der Waals surface area contributed by atoms with Crippen molar-refractivity contribution in [3.63, 3.8) is 0 Å². The maximum Gasteiger partial charge on any atom is 0.0440 e. The molecule has 0 amide bonds. The van der Waals surface area contributed by atoms with Gasteiger partial charge in [0.15, 0.2) is 0 Å². The van der Waals surface area contributed by atoms with E-state index in [-0.39, 0.29) is 0 Å². The molecule has 0 spiro atoms. The van der Waals surface area contributed by atoms with Crippen LogP contribution < -0.4 is 0 Å². The zero-order valence-corrected chi connectivity index (χ0v) is 13.5. The molecule has 106 valence electrons. The molecule has 2 aromatic rings. The van der Waals surface area contributed by atoms with Gasteiger partial charge in [0.25, 0.3) is 0 Å². The minimum Gasteiger partial charge on any atom is -0.126 e. The summed E-state index contributed by atoms with van der Waals surface area (Å²) in [5, 5.41) is 0.852. The number of rotatable bonds is 5. The zero-order valence-electron chi connectivity index (χ0n) is 12.0. The van der Waals surface area contributed by atoms with E-state index < -0.39 is 0 Å². The number of alkyl halides is 1. The lowest BCUT2D eigenvalue weighted by Crippen LogP contribution is -2.11. The van der Waals surface area contributed by atoms with Gasteiger partial charge in [-0.15, -0.1) is 11.6 Å². The van der Waals surface area contributed by atoms with Crippen LogP contribution in [0.25, 0.3) is 0 Å². The molecular formula is C18H20Cl2. The summed E-state index contributed by atoms with van der Waals surface area (Å²) in [6.45, 7) is 4.21. The van der Waals surface area contributed by atoms with E-state index in [0.717, 1.165) is 17.9 Å². The standard InChI is InChI=1S/C18H20Cl2/c1-13-7-8-17(18(20)9-13)11-15(12-19)10-16-6-4-3-5-14(16)2/h3-9,15H,10-12H2,1-2H3. The van der Waals surface area contributed by atoms with Crippen molar-refractivity contribution in [1.29, 1.82) is 0 Å². The average Bonchev–Trinajstić information content (AvgIpc) is 2.43. The van der Waals surface area contributed by atoms with E-state index in [9.17, 15) is 0 Å². The molecule has 0 bridgehead atoms. The Morgan fingerprint density at radius 1 is 0.950 bits per heavy atom. The first-order valence-electron chi connectivity index (χ1n) is 6.95. The molecule has 0 radical (unpaired) electrons. The molecule has 0 aromatic heterocycles. The van der Waals surface area contributed by atoms with E-state index in [0.29, 0.717) is 11.8 Å². The summed E-state index contributed by atoms with van der Waals surface area (Å²) in [6, 6.07) is 14.8. The first-order valence-corrected chi connectivity index (χ1v) is 7.87. The second-order valence-corrected chi connectivity index (χ2v) is 6.17. The largest absolute Gasteiger partial charge is 0.126 e. The molecule has 1 atom stereocenters. The molecular weight excluding hydrogens is 287 g/mol. The Hall–Kier alpha value is -0.980. The third-order valence-electron chi connectivity index (χ3n) is 3.71. The Labute approximate surface area is 131 Å². The van der Waals surface area contributed by atoms with Crippen molar-refractivity contribution in [3.05, 3.63) is 69.7 Å². The number of hydrogen-bond acceptors (Lipinski definition) is 0. The van der Waals surface area contributed by atoms with Crippen LogP contribution in [-0.2, 0) is 12.8 Å². The molecule has 1 unspecified atom stereocenters. The molecule has 20 heavy (non-hydrogen) atoms. The van der Waals surface area contributed by atoms with Crippen LogP contribution in [0.3, 0.4) is 0 Å². The molecule has 0 aliphatic heterocycles. The zero-order chi connectivity index (χ0) is 14.5. The van der Waals surface area contributed by atoms with Crippen LogP contribution in [0.15, 0.2) is 42.5 Å². The molecule has 0 nitrogen and oxygen atoms in total. The Morgan fingerprint density at radius 2 is 1.65 bits per heavy atom. The normalized spacial score (nSPS) is 12.4. The Bertz CT molecular complexity index is 575. The molecule has 0 N–H and O–H groups in total. The quantitative estimate of drug-likeness (QED) is 0.631. The smallest absolute Gasteiger partial charge is 0.0440 e. The molecule has 2 rings (SSSR count). The van der Waals surface area contributed by atoms with Gasteiger partial charge in [0.2, 0.25) is 0 Å². The van der Waals surface area contributed by atoms with Gasteiger partial charge in [-0.3, -0.25) is 0 Å². The molecule has 2 heteroatoms. The van der Waals surface area contributed by atoms with Gasteiger partial charge in [-0.2, -0.15) is 0 Å². The van der Waals surface area contributed by atoms with Gasteiger partial charge >= 0.3 is 0 Å². The van der Waals surface area contributed by atoms with Crippen LogP contribution in [0.2, 0.25) is 5.02 Å². The molecule has 0 aliphatic carbocycles. The summed E-state index contributed by atoms with van der Waals surface area (Å²) in [7, 11) is 0. The van der Waals surface area contributed by atoms with Gasteiger partial charge in [-0.1, -0.05) is 48.0 Å². The molecule has 0 aliphatic rings. The minimum absolute atomic E-state index is 0.415. The third-order valence-corrected chi connectivity index (χ3v) is 4.49. The first-order chi connectivity index (χ1) is 9.60. The number of hydrogen-bond donors (Lipinski definition) is 0. The second-order valence-electron chi connectivity index (χ2n) is 5.45. The van der Waals surface area contributed by atoms with Gasteiger partial charge < -0.3 is 0 Å². The summed E-state index contributed by atoms with van der Waals surface area (Å²) >= 11 is 12.5. The highest BCUT2D eigenvalue weighted by Crippen LogP contribution is 2.24. The van der Waals surface area contributed by atoms with E-state index in [1.54, 1.807) is 0 Å². The number of benzene rings is 2. The van der Waals surface area contributed by atoms with Crippen molar-refractivity contribution >= 4 is 23.2 Å². The van der Waals surface area contributed by atoms with Crippen molar-refractivity contribution in [3.8, 4) is 0 Å². The third kappa shape index (κ3) is 4.01. The van der Waals surface area contributed by atoms with Crippen LogP contribution >= 0.6 is 23.2 Å². The van der Waals surface area contributed by atoms with Crippen LogP contribution in [0, 0.1) is 19.8 Å². The van der Waals surface area contributed by atoms with Crippen LogP contribution in [0.5, 0.6) is 0 Å². The molecule has 0 heterocycles. The topological polar surface area (TPSA) is 0 Å². The predicted octanol–water partition coefficient (Wildman–Crippen LogP) is 5.60. The van der Waals surface area contributed by atoms with E-state index in [1.165, 1.54) is 22.3 Å². The van der Waals surface area contributed by atoms with Crippen LogP contribution in [0.4, 0.5) is 0 Å². The fourth-order valence-corrected chi connectivity index (χ4v) is 2.99. The highest BCUT2D eigenvalue weighted by Gasteiger charge is 2.13. The van der Waals surface area contributed by atoms with Crippen molar-refractivity contribution < 1.29 is 0 Å². The first kappa shape index (κ1) is 15.4. The van der Waals surface area contributed by atoms with E-state index in [2.05, 4.69) is 50.2 Å². The fourth-order valence-electron chi connectivity index (χ4n) is 2.46. The average molecular weight is 307 g/mol. The highest BCUT2D eigenvalue weighted by molar-refractivity contribution is 6.31. The summed E-state index contributed by atoms with van der Waals surface area (Å²) in [4.78, 5) is 0. The maximum atomic E-state index is 6.32. The SMILES string of the molecule is Cc1ccc(CC(CCl)Cc2ccccc2C)c(Cl)c1. The summed E-state index contributed by atoms with van der Waals surface area (Å²) in [5.41, 5.74) is 5.09. The van der Waals surface area contributed by atoms with Gasteiger partial charge in [-0.05, 0) is 60.9 Å². The summed E-state index contributed by atoms with van der Waals surface area (Å²) < 4.78 is 0. The lowest BCUT2D eigenvalue weighted by atomic mass is 9.92. The monoisotopic (exact) mass is 306 g/mol. The number of halogens is 2. The van der Waals surface area contributed by atoms with Gasteiger partial charge in [0.1, 0.15) is 0 Å². The molecule has 0 saturated carbocycles. The van der Waals surface area contributed by atoms with Gasteiger partial charge in [0, 0.05) is 10.9 Å². The molecule has 0 fully saturated rings. The van der Waals surface area contributed by atoms with E-state index in [1.807, 2.05) is 6.07 Å². The predicted molar refractivity (Wildman–Crippen MR) is 89.0 cm³/mol. The van der Waals surface area contributed by atoms with Crippen molar-refractivity contribution in [2.24, 2.45) is 5.92 Å². The lowest BCUT2D eigenvalue weighted by molar-refractivity contribution is 0.582. The Kier molecular flexibility index (Phi) is 5.51. The van der Waals surface area contributed by atoms with Crippen molar-refractivity contribution in [1.82, 2.24) is 0 Å². The second kappa shape index (κ2) is 7.15. The van der Waals surface area contributed by atoms with Crippen molar-refractivity contribution in [2.45, 2.75) is 26.7 Å². The van der Waals surface area contributed by atoms with Crippen LogP contribution in [-0.4, -0.2) is 5.88 Å². The minimum atomic E-state index is 0.415. The van der Waals surface area contributed by atoms with E-state index >= 15 is 0 Å². The van der Waals surface area contributed by atoms with E-state index in [4.69, 9.17) is 23.2 Å². The Balaban J connectivity index is 2.11.